The van der Waals surface area contributed by atoms with E-state index in [0.29, 0.717) is 6.42 Å². The van der Waals surface area contributed by atoms with Gasteiger partial charge in [0.05, 0.1) is 12.2 Å². The van der Waals surface area contributed by atoms with E-state index >= 15 is 0 Å². The first-order valence-corrected chi connectivity index (χ1v) is 7.10. The monoisotopic (exact) mass is 262 g/mol. The van der Waals surface area contributed by atoms with Crippen molar-refractivity contribution >= 4 is 15.7 Å². The minimum atomic E-state index is -4.05. The fraction of sp³-hybridized carbons (Fsp3) is 1.00. The Bertz CT molecular complexity index is 327. The zero-order valence-corrected chi connectivity index (χ0v) is 10.7. The summed E-state index contributed by atoms with van der Waals surface area (Å²) in [6, 6.07) is -0.509. The van der Waals surface area contributed by atoms with E-state index in [1.54, 1.807) is 0 Å². The maximum atomic E-state index is 11.4. The Balaban J connectivity index is 2.08. The van der Waals surface area contributed by atoms with Crippen LogP contribution in [0, 0.1) is 5.92 Å². The summed E-state index contributed by atoms with van der Waals surface area (Å²) in [6.07, 6.45) is 0.218. The van der Waals surface area contributed by atoms with E-state index in [4.69, 9.17) is 21.8 Å². The predicted octanol–water partition coefficient (Wildman–Crippen LogP) is 0.784. The molecule has 0 aliphatic carbocycles. The highest BCUT2D eigenvalue weighted by atomic mass is 31.2. The Labute approximate surface area is 102 Å². The van der Waals surface area contributed by atoms with Gasteiger partial charge in [-0.2, -0.15) is 0 Å². The van der Waals surface area contributed by atoms with Gasteiger partial charge in [-0.05, 0) is 12.8 Å². The first-order valence-electron chi connectivity index (χ1n) is 5.60. The molecule has 2 radical (unpaired) electrons. The molecule has 1 N–H and O–H groups in total. The molecule has 2 heterocycles. The van der Waals surface area contributed by atoms with E-state index in [1.165, 1.54) is 0 Å². The van der Waals surface area contributed by atoms with Crippen molar-refractivity contribution in [2.24, 2.45) is 5.92 Å². The van der Waals surface area contributed by atoms with Crippen LogP contribution in [0.5, 0.6) is 0 Å². The summed E-state index contributed by atoms with van der Waals surface area (Å²) in [5, 5.41) is 0. The highest BCUT2D eigenvalue weighted by molar-refractivity contribution is 7.47. The molecule has 2 fully saturated rings. The first-order chi connectivity index (χ1) is 7.96. The summed E-state index contributed by atoms with van der Waals surface area (Å²) >= 11 is 0. The van der Waals surface area contributed by atoms with Crippen molar-refractivity contribution in [2.45, 2.75) is 44.3 Å². The molecule has 0 amide bonds. The lowest BCUT2D eigenvalue weighted by molar-refractivity contribution is -0.0973. The first kappa shape index (κ1) is 13.5. The van der Waals surface area contributed by atoms with Crippen LogP contribution in [0.1, 0.15) is 19.8 Å². The van der Waals surface area contributed by atoms with Crippen LogP contribution in [0.2, 0.25) is 0 Å². The van der Waals surface area contributed by atoms with Crippen LogP contribution in [-0.4, -0.2) is 44.4 Å². The molecular weight excluding hydrogens is 246 g/mol. The van der Waals surface area contributed by atoms with Crippen LogP contribution in [0.15, 0.2) is 0 Å². The molecule has 0 aromatic rings. The van der Waals surface area contributed by atoms with Gasteiger partial charge in [-0.25, -0.2) is 4.57 Å². The normalized spacial score (nSPS) is 44.5. The minimum absolute atomic E-state index is 0.0829. The summed E-state index contributed by atoms with van der Waals surface area (Å²) in [4.78, 5) is 9.29. The van der Waals surface area contributed by atoms with E-state index in [9.17, 15) is 9.46 Å². The third kappa shape index (κ3) is 2.75. The van der Waals surface area contributed by atoms with Gasteiger partial charge in [-0.3, -0.25) is 9.05 Å². The van der Waals surface area contributed by atoms with Gasteiger partial charge in [0.2, 0.25) is 0 Å². The zero-order valence-electron chi connectivity index (χ0n) is 9.81. The van der Waals surface area contributed by atoms with Crippen LogP contribution in [-0.2, 0) is 23.1 Å². The number of rotatable bonds is 4. The standard InChI is InChI=1S/C9H16BO6P/c1-3-6-5-4-7(8(10)14-6)15-9(5)16-17(11,12)13-2/h5-9H,3-4H2,1-2H3,(H,11,12)/t5-,6-,7?,8-,9?/m1/s1. The zero-order chi connectivity index (χ0) is 12.6. The van der Waals surface area contributed by atoms with Gasteiger partial charge in [0.15, 0.2) is 6.29 Å². The lowest BCUT2D eigenvalue weighted by atomic mass is 9.84. The Morgan fingerprint density at radius 2 is 2.24 bits per heavy atom. The van der Waals surface area contributed by atoms with E-state index in [2.05, 4.69) is 4.52 Å². The molecule has 2 saturated heterocycles. The molecule has 2 bridgehead atoms. The largest absolute Gasteiger partial charge is 0.474 e. The Morgan fingerprint density at radius 1 is 1.53 bits per heavy atom. The fourth-order valence-corrected chi connectivity index (χ4v) is 2.87. The van der Waals surface area contributed by atoms with Crippen molar-refractivity contribution in [1.82, 2.24) is 0 Å². The molecule has 6 nitrogen and oxygen atoms in total. The number of hydrogen-bond acceptors (Lipinski definition) is 5. The number of phosphoric ester groups is 1. The third-order valence-corrected chi connectivity index (χ3v) is 4.14. The number of fused-ring (bicyclic) bond motifs is 2. The second kappa shape index (κ2) is 5.00. The van der Waals surface area contributed by atoms with Gasteiger partial charge in [0, 0.05) is 19.0 Å². The molecule has 0 aromatic carbocycles. The van der Waals surface area contributed by atoms with Gasteiger partial charge >= 0.3 is 7.82 Å². The summed E-state index contributed by atoms with van der Waals surface area (Å²) in [5.74, 6) is -0.0829. The van der Waals surface area contributed by atoms with Crippen molar-refractivity contribution in [1.29, 1.82) is 0 Å². The van der Waals surface area contributed by atoms with Crippen molar-refractivity contribution in [3.8, 4) is 0 Å². The smallest absolute Gasteiger partial charge is 0.382 e. The highest BCUT2D eigenvalue weighted by Crippen LogP contribution is 2.49. The fourth-order valence-electron chi connectivity index (χ4n) is 2.31. The maximum absolute atomic E-state index is 11.4. The van der Waals surface area contributed by atoms with Crippen molar-refractivity contribution in [3.63, 3.8) is 0 Å². The molecular formula is C9H16BO6P. The average Bonchev–Trinajstić information content (AvgIpc) is 2.64. The SMILES string of the molecule is [B][C@@H]1O[C@H](CC)[C@H]2CC1OC2OP(=O)(O)OC. The molecule has 6 atom stereocenters. The Kier molecular flexibility index (Phi) is 3.97. The van der Waals surface area contributed by atoms with E-state index in [-0.39, 0.29) is 18.1 Å². The lowest BCUT2D eigenvalue weighted by Gasteiger charge is -2.32. The molecule has 0 aromatic heterocycles. The Morgan fingerprint density at radius 3 is 2.82 bits per heavy atom. The van der Waals surface area contributed by atoms with Gasteiger partial charge in [-0.1, -0.05) is 6.92 Å². The second-order valence-corrected chi connectivity index (χ2v) is 5.76. The van der Waals surface area contributed by atoms with E-state index < -0.39 is 20.1 Å². The van der Waals surface area contributed by atoms with Crippen LogP contribution in [0.25, 0.3) is 0 Å². The average molecular weight is 262 g/mol. The van der Waals surface area contributed by atoms with Crippen molar-refractivity contribution in [2.75, 3.05) is 7.11 Å². The van der Waals surface area contributed by atoms with Crippen LogP contribution < -0.4 is 0 Å². The quantitative estimate of drug-likeness (QED) is 0.596. The number of ether oxygens (including phenoxy) is 2. The molecule has 8 heteroatoms. The number of hydrogen-bond donors (Lipinski definition) is 1. The van der Waals surface area contributed by atoms with Gasteiger partial charge in [0.1, 0.15) is 7.85 Å². The van der Waals surface area contributed by atoms with Gasteiger partial charge in [-0.15, -0.1) is 0 Å². The molecule has 2 aliphatic heterocycles. The lowest BCUT2D eigenvalue weighted by Crippen LogP contribution is -2.40. The van der Waals surface area contributed by atoms with Gasteiger partial charge in [0.25, 0.3) is 0 Å². The molecule has 0 spiro atoms. The topological polar surface area (TPSA) is 74.2 Å². The Hall–Kier alpha value is 0.0949. The second-order valence-electron chi connectivity index (χ2n) is 4.25. The third-order valence-electron chi connectivity index (χ3n) is 3.21. The molecule has 0 saturated carbocycles. The molecule has 96 valence electrons. The highest BCUT2D eigenvalue weighted by Gasteiger charge is 2.49. The maximum Gasteiger partial charge on any atom is 0.474 e. The predicted molar refractivity (Wildman–Crippen MR) is 59.4 cm³/mol. The van der Waals surface area contributed by atoms with Crippen LogP contribution in [0.4, 0.5) is 0 Å². The van der Waals surface area contributed by atoms with Crippen LogP contribution in [0.3, 0.4) is 0 Å². The summed E-state index contributed by atoms with van der Waals surface area (Å²) < 4.78 is 31.8. The van der Waals surface area contributed by atoms with E-state index in [1.807, 2.05) is 6.92 Å². The summed E-state index contributed by atoms with van der Waals surface area (Å²) in [5.41, 5.74) is 0. The molecule has 3 unspecified atom stereocenters. The van der Waals surface area contributed by atoms with Crippen molar-refractivity contribution < 1.29 is 28.0 Å². The molecule has 2 aliphatic rings. The summed E-state index contributed by atoms with van der Waals surface area (Å²) in [6.45, 7) is 1.96. The van der Waals surface area contributed by atoms with Gasteiger partial charge < -0.3 is 14.4 Å². The summed E-state index contributed by atoms with van der Waals surface area (Å²) in [7, 11) is 2.84. The molecule has 2 rings (SSSR count). The molecule has 17 heavy (non-hydrogen) atoms. The minimum Gasteiger partial charge on any atom is -0.382 e. The van der Waals surface area contributed by atoms with Crippen LogP contribution >= 0.6 is 7.82 Å². The van der Waals surface area contributed by atoms with E-state index in [0.717, 1.165) is 13.5 Å². The number of phosphoric acid groups is 1. The van der Waals surface area contributed by atoms with Crippen molar-refractivity contribution in [3.05, 3.63) is 0 Å².